The van der Waals surface area contributed by atoms with Crippen molar-refractivity contribution < 1.29 is 8.42 Å². The molecule has 0 spiro atoms. The zero-order valence-electron chi connectivity index (χ0n) is 13.7. The maximum atomic E-state index is 11.8. The summed E-state index contributed by atoms with van der Waals surface area (Å²) in [5.74, 6) is 0.134. The van der Waals surface area contributed by atoms with Crippen LogP contribution in [0.4, 0.5) is 5.69 Å². The number of benzene rings is 1. The fourth-order valence-electron chi connectivity index (χ4n) is 2.05. The predicted molar refractivity (Wildman–Crippen MR) is 98.6 cm³/mol. The third-order valence-corrected chi connectivity index (χ3v) is 6.31. The van der Waals surface area contributed by atoms with Crippen LogP contribution in [0.3, 0.4) is 0 Å². The molecule has 0 saturated heterocycles. The Morgan fingerprint density at radius 1 is 1.09 bits per heavy atom. The summed E-state index contributed by atoms with van der Waals surface area (Å²) in [6, 6.07) is 10.3. The molecular weight excluding hydrogens is 328 g/mol. The van der Waals surface area contributed by atoms with Crippen molar-refractivity contribution in [1.82, 2.24) is 4.72 Å². The molecule has 0 aliphatic heterocycles. The summed E-state index contributed by atoms with van der Waals surface area (Å²) in [7, 11) is -3.20. The van der Waals surface area contributed by atoms with Gasteiger partial charge >= 0.3 is 0 Å². The lowest BCUT2D eigenvalue weighted by atomic mass is 10.0. The van der Waals surface area contributed by atoms with E-state index in [1.165, 1.54) is 5.56 Å². The zero-order chi connectivity index (χ0) is 16.9. The Labute approximate surface area is 143 Å². The molecule has 4 nitrogen and oxygen atoms in total. The van der Waals surface area contributed by atoms with E-state index in [1.54, 1.807) is 25.2 Å². The van der Waals surface area contributed by atoms with E-state index in [0.29, 0.717) is 6.54 Å². The van der Waals surface area contributed by atoms with Gasteiger partial charge in [0.1, 0.15) is 0 Å². The average molecular weight is 353 g/mol. The Morgan fingerprint density at radius 3 is 2.35 bits per heavy atom. The van der Waals surface area contributed by atoms with Gasteiger partial charge in [-0.3, -0.25) is 0 Å². The molecular formula is C17H24N2O2S2. The van der Waals surface area contributed by atoms with Gasteiger partial charge in [-0.1, -0.05) is 19.1 Å². The first-order chi connectivity index (χ1) is 10.9. The van der Waals surface area contributed by atoms with Gasteiger partial charge in [0.05, 0.1) is 5.25 Å². The highest BCUT2D eigenvalue weighted by atomic mass is 32.2. The first-order valence-corrected chi connectivity index (χ1v) is 10.2. The summed E-state index contributed by atoms with van der Waals surface area (Å²) >= 11 is 1.69. The molecule has 1 atom stereocenters. The lowest BCUT2D eigenvalue weighted by molar-refractivity contribution is 0.566. The first kappa shape index (κ1) is 18.0. The molecule has 1 aromatic heterocycles. The third kappa shape index (κ3) is 5.34. The van der Waals surface area contributed by atoms with Gasteiger partial charge in [0.15, 0.2) is 0 Å². The molecule has 23 heavy (non-hydrogen) atoms. The van der Waals surface area contributed by atoms with Crippen molar-refractivity contribution in [3.8, 4) is 0 Å². The molecule has 2 N–H and O–H groups in total. The Hall–Kier alpha value is -1.37. The van der Waals surface area contributed by atoms with E-state index in [4.69, 9.17) is 0 Å². The van der Waals surface area contributed by atoms with Crippen molar-refractivity contribution in [2.24, 2.45) is 0 Å². The second kappa shape index (κ2) is 7.95. The van der Waals surface area contributed by atoms with Crippen molar-refractivity contribution >= 4 is 27.0 Å². The number of hydrogen-bond donors (Lipinski definition) is 2. The maximum absolute atomic E-state index is 11.8. The predicted octanol–water partition coefficient (Wildman–Crippen LogP) is 3.79. The molecule has 0 aliphatic rings. The standard InChI is InChI=1S/C17H24N2O2S2/c1-13(2)23(20,21)19-10-14(3)16-4-6-17(7-5-16)18-11-15-8-9-22-12-15/h4-9,12-14,18-19H,10-11H2,1-3H3. The van der Waals surface area contributed by atoms with Gasteiger partial charge in [-0.2, -0.15) is 11.3 Å². The number of rotatable bonds is 8. The van der Waals surface area contributed by atoms with E-state index in [9.17, 15) is 8.42 Å². The van der Waals surface area contributed by atoms with Crippen LogP contribution >= 0.6 is 11.3 Å². The molecule has 1 aromatic carbocycles. The van der Waals surface area contributed by atoms with Crippen molar-refractivity contribution in [3.63, 3.8) is 0 Å². The molecule has 0 bridgehead atoms. The minimum atomic E-state index is -3.20. The molecule has 2 aromatic rings. The first-order valence-electron chi connectivity index (χ1n) is 7.72. The molecule has 2 rings (SSSR count). The van der Waals surface area contributed by atoms with Crippen molar-refractivity contribution in [2.75, 3.05) is 11.9 Å². The van der Waals surface area contributed by atoms with Crippen LogP contribution in [-0.2, 0) is 16.6 Å². The van der Waals surface area contributed by atoms with Crippen LogP contribution in [0.25, 0.3) is 0 Å². The highest BCUT2D eigenvalue weighted by molar-refractivity contribution is 7.90. The normalized spacial score (nSPS) is 13.2. The van der Waals surface area contributed by atoms with Gasteiger partial charge in [0.25, 0.3) is 0 Å². The Kier molecular flexibility index (Phi) is 6.21. The average Bonchev–Trinajstić information content (AvgIpc) is 3.04. The number of sulfonamides is 1. The van der Waals surface area contributed by atoms with Gasteiger partial charge in [-0.05, 0) is 59.9 Å². The van der Waals surface area contributed by atoms with E-state index >= 15 is 0 Å². The number of anilines is 1. The van der Waals surface area contributed by atoms with Gasteiger partial charge in [-0.25, -0.2) is 13.1 Å². The van der Waals surface area contributed by atoms with Crippen molar-refractivity contribution in [3.05, 3.63) is 52.2 Å². The Morgan fingerprint density at radius 2 is 1.78 bits per heavy atom. The molecule has 0 aliphatic carbocycles. The largest absolute Gasteiger partial charge is 0.381 e. The smallest absolute Gasteiger partial charge is 0.213 e. The van der Waals surface area contributed by atoms with E-state index in [0.717, 1.165) is 17.8 Å². The topological polar surface area (TPSA) is 58.2 Å². The monoisotopic (exact) mass is 352 g/mol. The van der Waals surface area contributed by atoms with Crippen molar-refractivity contribution in [2.45, 2.75) is 38.5 Å². The van der Waals surface area contributed by atoms with E-state index < -0.39 is 15.3 Å². The van der Waals surface area contributed by atoms with Gasteiger partial charge in [0, 0.05) is 18.8 Å². The SMILES string of the molecule is CC(CNS(=O)(=O)C(C)C)c1ccc(NCc2ccsc2)cc1. The molecule has 126 valence electrons. The summed E-state index contributed by atoms with van der Waals surface area (Å²) in [5.41, 5.74) is 3.46. The Bertz CT molecular complexity index is 693. The number of hydrogen-bond acceptors (Lipinski definition) is 4. The van der Waals surface area contributed by atoms with Gasteiger partial charge in [0.2, 0.25) is 10.0 Å². The minimum absolute atomic E-state index is 0.134. The third-order valence-electron chi connectivity index (χ3n) is 3.77. The van der Waals surface area contributed by atoms with Crippen LogP contribution in [-0.4, -0.2) is 20.2 Å². The molecule has 0 fully saturated rings. The highest BCUT2D eigenvalue weighted by Crippen LogP contribution is 2.19. The molecule has 6 heteroatoms. The van der Waals surface area contributed by atoms with Crippen LogP contribution < -0.4 is 10.0 Å². The summed E-state index contributed by atoms with van der Waals surface area (Å²) < 4.78 is 26.3. The fraction of sp³-hybridized carbons (Fsp3) is 0.412. The lowest BCUT2D eigenvalue weighted by Gasteiger charge is -2.15. The second-order valence-electron chi connectivity index (χ2n) is 5.95. The Balaban J connectivity index is 1.88. The highest BCUT2D eigenvalue weighted by Gasteiger charge is 2.16. The van der Waals surface area contributed by atoms with E-state index in [-0.39, 0.29) is 5.92 Å². The van der Waals surface area contributed by atoms with Crippen LogP contribution in [0.1, 0.15) is 37.8 Å². The molecule has 0 saturated carbocycles. The maximum Gasteiger partial charge on any atom is 0.213 e. The van der Waals surface area contributed by atoms with E-state index in [2.05, 4.69) is 26.9 Å². The zero-order valence-corrected chi connectivity index (χ0v) is 15.4. The van der Waals surface area contributed by atoms with Crippen molar-refractivity contribution in [1.29, 1.82) is 0 Å². The van der Waals surface area contributed by atoms with Gasteiger partial charge in [-0.15, -0.1) is 0 Å². The van der Waals surface area contributed by atoms with Gasteiger partial charge < -0.3 is 5.32 Å². The molecule has 0 radical (unpaired) electrons. The van der Waals surface area contributed by atoms with E-state index in [1.807, 2.05) is 31.2 Å². The molecule has 1 unspecified atom stereocenters. The number of thiophene rings is 1. The summed E-state index contributed by atoms with van der Waals surface area (Å²) in [4.78, 5) is 0. The van der Waals surface area contributed by atoms with Crippen LogP contribution in [0.5, 0.6) is 0 Å². The second-order valence-corrected chi connectivity index (χ2v) is 9.05. The van der Waals surface area contributed by atoms with Crippen LogP contribution in [0, 0.1) is 0 Å². The lowest BCUT2D eigenvalue weighted by Crippen LogP contribution is -2.33. The number of nitrogens with one attached hydrogen (secondary N) is 2. The summed E-state index contributed by atoms with van der Waals surface area (Å²) in [6.45, 7) is 6.62. The molecule has 0 amide bonds. The minimum Gasteiger partial charge on any atom is -0.381 e. The fourth-order valence-corrected chi connectivity index (χ4v) is 3.54. The van der Waals surface area contributed by atoms with Crippen LogP contribution in [0.15, 0.2) is 41.1 Å². The molecule has 1 heterocycles. The van der Waals surface area contributed by atoms with Crippen LogP contribution in [0.2, 0.25) is 0 Å². The summed E-state index contributed by atoms with van der Waals surface area (Å²) in [5, 5.41) is 7.17. The quantitative estimate of drug-likeness (QED) is 0.760. The summed E-state index contributed by atoms with van der Waals surface area (Å²) in [6.07, 6.45) is 0.